The molecular weight excluding hydrogens is 487 g/mol. The van der Waals surface area contributed by atoms with Gasteiger partial charge < -0.3 is 15.5 Å². The van der Waals surface area contributed by atoms with Crippen LogP contribution in [0.4, 0.5) is 0 Å². The first-order chi connectivity index (χ1) is 13.2. The van der Waals surface area contributed by atoms with Crippen LogP contribution in [0.3, 0.4) is 0 Å². The Bertz CT molecular complexity index is 810. The van der Waals surface area contributed by atoms with Crippen molar-refractivity contribution in [2.24, 2.45) is 4.99 Å². The summed E-state index contributed by atoms with van der Waals surface area (Å²) in [7, 11) is 0. The third-order valence-electron chi connectivity index (χ3n) is 4.57. The van der Waals surface area contributed by atoms with Gasteiger partial charge in [-0.15, -0.1) is 24.0 Å². The Kier molecular flexibility index (Phi) is 9.05. The minimum atomic E-state index is 0. The van der Waals surface area contributed by atoms with Crippen LogP contribution in [-0.2, 0) is 24.3 Å². The summed E-state index contributed by atoms with van der Waals surface area (Å²) in [6, 6.07) is 15.9. The maximum atomic E-state index is 12.6. The van der Waals surface area contributed by atoms with Crippen LogP contribution in [0, 0.1) is 0 Å². The van der Waals surface area contributed by atoms with Gasteiger partial charge in [0.1, 0.15) is 0 Å². The predicted molar refractivity (Wildman–Crippen MR) is 125 cm³/mol. The summed E-state index contributed by atoms with van der Waals surface area (Å²) in [5, 5.41) is 7.03. The summed E-state index contributed by atoms with van der Waals surface area (Å²) in [5.41, 5.74) is 3.64. The van der Waals surface area contributed by atoms with E-state index in [1.165, 1.54) is 11.1 Å². The standard InChI is InChI=1S/C21H25ClN4O.HI/c1-2-23-21(24-13-16-7-9-19(22)10-8-16)25-14-20(27)26-12-11-17-5-3-4-6-18(17)15-26;/h3-10H,2,11-15H2,1H3,(H2,23,24,25);1H. The second-order valence-electron chi connectivity index (χ2n) is 6.51. The highest BCUT2D eigenvalue weighted by Gasteiger charge is 2.20. The van der Waals surface area contributed by atoms with Gasteiger partial charge in [-0.25, -0.2) is 4.99 Å². The van der Waals surface area contributed by atoms with Crippen molar-refractivity contribution in [1.82, 2.24) is 15.5 Å². The molecule has 0 spiro atoms. The summed E-state index contributed by atoms with van der Waals surface area (Å²) in [6.07, 6.45) is 0.909. The minimum Gasteiger partial charge on any atom is -0.357 e. The molecule has 7 heteroatoms. The zero-order chi connectivity index (χ0) is 19.1. The molecule has 2 N–H and O–H groups in total. The number of amides is 1. The predicted octanol–water partition coefficient (Wildman–Crippen LogP) is 3.60. The van der Waals surface area contributed by atoms with E-state index >= 15 is 0 Å². The fraction of sp³-hybridized carbons (Fsp3) is 0.333. The van der Waals surface area contributed by atoms with Crippen LogP contribution in [0.15, 0.2) is 53.5 Å². The molecule has 0 aromatic heterocycles. The molecule has 0 saturated heterocycles. The minimum absolute atomic E-state index is 0. The van der Waals surface area contributed by atoms with Crippen LogP contribution >= 0.6 is 35.6 Å². The molecule has 0 radical (unpaired) electrons. The van der Waals surface area contributed by atoms with Crippen LogP contribution in [0.5, 0.6) is 0 Å². The molecular formula is C21H26ClIN4O. The van der Waals surface area contributed by atoms with E-state index in [4.69, 9.17) is 11.6 Å². The van der Waals surface area contributed by atoms with Gasteiger partial charge in [0.2, 0.25) is 5.91 Å². The molecule has 1 amide bonds. The van der Waals surface area contributed by atoms with E-state index in [0.717, 1.165) is 25.1 Å². The average molecular weight is 513 g/mol. The van der Waals surface area contributed by atoms with Crippen molar-refractivity contribution in [2.45, 2.75) is 26.4 Å². The number of guanidine groups is 1. The van der Waals surface area contributed by atoms with Crippen LogP contribution in [0.2, 0.25) is 5.02 Å². The van der Waals surface area contributed by atoms with Crippen molar-refractivity contribution >= 4 is 47.4 Å². The van der Waals surface area contributed by atoms with E-state index in [9.17, 15) is 4.79 Å². The zero-order valence-electron chi connectivity index (χ0n) is 16.0. The van der Waals surface area contributed by atoms with Crippen LogP contribution in [0.25, 0.3) is 0 Å². The Hall–Kier alpha value is -1.80. The van der Waals surface area contributed by atoms with Crippen molar-refractivity contribution in [2.75, 3.05) is 19.6 Å². The van der Waals surface area contributed by atoms with E-state index in [1.54, 1.807) is 0 Å². The lowest BCUT2D eigenvalue weighted by Gasteiger charge is -2.29. The van der Waals surface area contributed by atoms with Gasteiger partial charge in [-0.2, -0.15) is 0 Å². The largest absolute Gasteiger partial charge is 0.357 e. The summed E-state index contributed by atoms with van der Waals surface area (Å²) >= 11 is 5.91. The third kappa shape index (κ3) is 6.38. The Morgan fingerprint density at radius 2 is 1.82 bits per heavy atom. The molecule has 0 saturated carbocycles. The van der Waals surface area contributed by atoms with Crippen LogP contribution in [-0.4, -0.2) is 36.4 Å². The number of rotatable bonds is 5. The zero-order valence-corrected chi connectivity index (χ0v) is 19.0. The third-order valence-corrected chi connectivity index (χ3v) is 4.82. The first-order valence-corrected chi connectivity index (χ1v) is 9.64. The normalized spacial score (nSPS) is 13.4. The number of nitrogens with zero attached hydrogens (tertiary/aromatic N) is 2. The maximum absolute atomic E-state index is 12.6. The van der Waals surface area contributed by atoms with E-state index < -0.39 is 0 Å². The molecule has 1 heterocycles. The van der Waals surface area contributed by atoms with Crippen molar-refractivity contribution in [3.05, 3.63) is 70.2 Å². The smallest absolute Gasteiger partial charge is 0.242 e. The van der Waals surface area contributed by atoms with Crippen molar-refractivity contribution < 1.29 is 4.79 Å². The van der Waals surface area contributed by atoms with Crippen molar-refractivity contribution in [3.63, 3.8) is 0 Å². The van der Waals surface area contributed by atoms with Crippen LogP contribution < -0.4 is 10.6 Å². The lowest BCUT2D eigenvalue weighted by atomic mass is 10.00. The van der Waals surface area contributed by atoms with Gasteiger partial charge in [0.15, 0.2) is 5.96 Å². The number of benzene rings is 2. The van der Waals surface area contributed by atoms with Gasteiger partial charge in [0.05, 0.1) is 13.1 Å². The topological polar surface area (TPSA) is 56.7 Å². The number of hydrogen-bond acceptors (Lipinski definition) is 2. The average Bonchev–Trinajstić information content (AvgIpc) is 2.70. The first kappa shape index (κ1) is 22.5. The highest BCUT2D eigenvalue weighted by Crippen LogP contribution is 2.18. The van der Waals surface area contributed by atoms with Gasteiger partial charge in [-0.1, -0.05) is 48.0 Å². The van der Waals surface area contributed by atoms with E-state index in [2.05, 4.69) is 33.8 Å². The molecule has 3 rings (SSSR count). The Labute approximate surface area is 188 Å². The van der Waals surface area contributed by atoms with Crippen molar-refractivity contribution in [3.8, 4) is 0 Å². The Morgan fingerprint density at radius 1 is 1.11 bits per heavy atom. The molecule has 2 aromatic rings. The highest BCUT2D eigenvalue weighted by molar-refractivity contribution is 14.0. The molecule has 150 valence electrons. The van der Waals surface area contributed by atoms with E-state index in [-0.39, 0.29) is 36.4 Å². The lowest BCUT2D eigenvalue weighted by Crippen LogP contribution is -2.45. The second kappa shape index (κ2) is 11.3. The van der Waals surface area contributed by atoms with E-state index in [1.807, 2.05) is 42.2 Å². The fourth-order valence-corrected chi connectivity index (χ4v) is 3.21. The molecule has 28 heavy (non-hydrogen) atoms. The molecule has 2 aromatic carbocycles. The molecule has 0 bridgehead atoms. The van der Waals surface area contributed by atoms with Gasteiger partial charge in [0, 0.05) is 24.7 Å². The molecule has 0 fully saturated rings. The maximum Gasteiger partial charge on any atom is 0.242 e. The number of fused-ring (bicyclic) bond motifs is 1. The number of carbonyl (C=O) groups is 1. The monoisotopic (exact) mass is 512 g/mol. The number of hydrogen-bond donors (Lipinski definition) is 2. The fourth-order valence-electron chi connectivity index (χ4n) is 3.08. The van der Waals surface area contributed by atoms with Crippen molar-refractivity contribution in [1.29, 1.82) is 0 Å². The van der Waals surface area contributed by atoms with Gasteiger partial charge >= 0.3 is 0 Å². The van der Waals surface area contributed by atoms with Gasteiger partial charge in [-0.3, -0.25) is 4.79 Å². The molecule has 0 atom stereocenters. The second-order valence-corrected chi connectivity index (χ2v) is 6.95. The molecule has 1 aliphatic rings. The molecule has 5 nitrogen and oxygen atoms in total. The quantitative estimate of drug-likeness (QED) is 0.366. The molecule has 0 unspecified atom stereocenters. The number of nitrogens with one attached hydrogen (secondary N) is 2. The summed E-state index contributed by atoms with van der Waals surface area (Å²) in [5.74, 6) is 0.722. The highest BCUT2D eigenvalue weighted by atomic mass is 127. The molecule has 1 aliphatic heterocycles. The summed E-state index contributed by atoms with van der Waals surface area (Å²) < 4.78 is 0. The first-order valence-electron chi connectivity index (χ1n) is 9.27. The SMILES string of the molecule is CCNC(=NCc1ccc(Cl)cc1)NCC(=O)N1CCc2ccccc2C1.I. The molecule has 0 aliphatic carbocycles. The number of halogens is 2. The van der Waals surface area contributed by atoms with Crippen LogP contribution in [0.1, 0.15) is 23.6 Å². The summed E-state index contributed by atoms with van der Waals surface area (Å²) in [6.45, 7) is 4.93. The van der Waals surface area contributed by atoms with Gasteiger partial charge in [-0.05, 0) is 42.2 Å². The lowest BCUT2D eigenvalue weighted by molar-refractivity contribution is -0.130. The van der Waals surface area contributed by atoms with E-state index in [0.29, 0.717) is 24.1 Å². The number of carbonyl (C=O) groups excluding carboxylic acids is 1. The number of aliphatic imine (C=N–C) groups is 1. The summed E-state index contributed by atoms with van der Waals surface area (Å²) in [4.78, 5) is 19.0. The Balaban J connectivity index is 0.00000280. The van der Waals surface area contributed by atoms with Gasteiger partial charge in [0.25, 0.3) is 0 Å². The Morgan fingerprint density at radius 3 is 2.54 bits per heavy atom.